The highest BCUT2D eigenvalue weighted by atomic mass is 16.2. The van der Waals surface area contributed by atoms with Crippen LogP contribution in [0.3, 0.4) is 0 Å². The fourth-order valence-electron chi connectivity index (χ4n) is 7.15. The number of carbonyl (C=O) groups is 3. The Bertz CT molecular complexity index is 852. The molecule has 1 aliphatic heterocycles. The van der Waals surface area contributed by atoms with Gasteiger partial charge in [-0.15, -0.1) is 0 Å². The van der Waals surface area contributed by atoms with Crippen molar-refractivity contribution in [3.05, 3.63) is 29.8 Å². The average Bonchev–Trinajstić information content (AvgIpc) is 2.72. The molecule has 0 atom stereocenters. The molecule has 5 aliphatic rings. The topological polar surface area (TPSA) is 78.5 Å². The Morgan fingerprint density at radius 2 is 1.58 bits per heavy atom. The van der Waals surface area contributed by atoms with E-state index >= 15 is 0 Å². The molecule has 2 N–H and O–H groups in total. The second kappa shape index (κ2) is 7.95. The highest BCUT2D eigenvalue weighted by Gasteiger charge is 2.55. The van der Waals surface area contributed by atoms with Gasteiger partial charge in [-0.05, 0) is 87.3 Å². The summed E-state index contributed by atoms with van der Waals surface area (Å²) in [7, 11) is 0. The van der Waals surface area contributed by atoms with Crippen molar-refractivity contribution in [3.63, 3.8) is 0 Å². The van der Waals surface area contributed by atoms with E-state index in [9.17, 15) is 14.4 Å². The van der Waals surface area contributed by atoms with Crippen LogP contribution in [0.4, 0.5) is 5.69 Å². The van der Waals surface area contributed by atoms with E-state index in [-0.39, 0.29) is 23.3 Å². The number of nitrogens with zero attached hydrogens (tertiary/aromatic N) is 1. The molecular formula is C25H33N3O3. The molecule has 1 aromatic carbocycles. The average molecular weight is 424 g/mol. The van der Waals surface area contributed by atoms with Crippen LogP contribution in [0.25, 0.3) is 0 Å². The van der Waals surface area contributed by atoms with E-state index in [1.165, 1.54) is 26.2 Å². The molecule has 4 bridgehead atoms. The van der Waals surface area contributed by atoms with Crippen LogP contribution < -0.4 is 10.6 Å². The monoisotopic (exact) mass is 423 g/mol. The summed E-state index contributed by atoms with van der Waals surface area (Å²) in [5, 5.41) is 5.83. The number of rotatable bonds is 4. The largest absolute Gasteiger partial charge is 0.349 e. The summed E-state index contributed by atoms with van der Waals surface area (Å²) < 4.78 is 0. The van der Waals surface area contributed by atoms with Gasteiger partial charge in [-0.1, -0.05) is 6.07 Å². The summed E-state index contributed by atoms with van der Waals surface area (Å²) in [6.45, 7) is 2.92. The Balaban J connectivity index is 1.16. The van der Waals surface area contributed by atoms with Gasteiger partial charge in [0.15, 0.2) is 0 Å². The van der Waals surface area contributed by atoms with Gasteiger partial charge in [-0.2, -0.15) is 0 Å². The molecule has 4 aliphatic carbocycles. The number of carbonyl (C=O) groups excluding carboxylic acids is 3. The molecule has 0 radical (unpaired) electrons. The molecule has 4 saturated carbocycles. The molecule has 6 nitrogen and oxygen atoms in total. The first-order valence-electron chi connectivity index (χ1n) is 11.9. The zero-order valence-corrected chi connectivity index (χ0v) is 18.4. The molecule has 166 valence electrons. The van der Waals surface area contributed by atoms with Gasteiger partial charge in [0.05, 0.1) is 5.41 Å². The SMILES string of the molecule is CC(=O)Nc1cccc(C(=O)NC2CCN(C(=O)C34CC5CC(CC(C5)C3)C4)CC2)c1. The molecule has 1 heterocycles. The third-order valence-corrected chi connectivity index (χ3v) is 8.05. The second-order valence-electron chi connectivity index (χ2n) is 10.5. The summed E-state index contributed by atoms with van der Waals surface area (Å²) in [6, 6.07) is 7.08. The number of anilines is 1. The summed E-state index contributed by atoms with van der Waals surface area (Å²) in [6.07, 6.45) is 8.99. The van der Waals surface area contributed by atoms with Crippen molar-refractivity contribution >= 4 is 23.4 Å². The standard InChI is InChI=1S/C25H33N3O3/c1-16(29)26-22-4-2-3-20(12-22)23(30)27-21-5-7-28(8-6-21)24(31)25-13-17-9-18(14-25)11-19(10-17)15-25/h2-4,12,17-19,21H,5-11,13-15H2,1H3,(H,26,29)(H,27,30). The Morgan fingerprint density at radius 1 is 0.968 bits per heavy atom. The van der Waals surface area contributed by atoms with E-state index in [4.69, 9.17) is 0 Å². The van der Waals surface area contributed by atoms with Crippen molar-refractivity contribution in [3.8, 4) is 0 Å². The van der Waals surface area contributed by atoms with Crippen LogP contribution >= 0.6 is 0 Å². The van der Waals surface area contributed by atoms with Gasteiger partial charge in [0, 0.05) is 37.3 Å². The summed E-state index contributed by atoms with van der Waals surface area (Å²) >= 11 is 0. The maximum Gasteiger partial charge on any atom is 0.251 e. The van der Waals surface area contributed by atoms with Gasteiger partial charge < -0.3 is 15.5 Å². The van der Waals surface area contributed by atoms with Crippen LogP contribution in [-0.2, 0) is 9.59 Å². The van der Waals surface area contributed by atoms with E-state index in [1.807, 2.05) is 0 Å². The highest BCUT2D eigenvalue weighted by molar-refractivity contribution is 5.97. The van der Waals surface area contributed by atoms with Crippen molar-refractivity contribution in [2.75, 3.05) is 18.4 Å². The minimum absolute atomic E-state index is 0.0744. The van der Waals surface area contributed by atoms with Gasteiger partial charge in [-0.3, -0.25) is 14.4 Å². The summed E-state index contributed by atoms with van der Waals surface area (Å²) in [5.41, 5.74) is 1.09. The summed E-state index contributed by atoms with van der Waals surface area (Å²) in [5.74, 6) is 2.45. The van der Waals surface area contributed by atoms with Crippen molar-refractivity contribution in [1.29, 1.82) is 0 Å². The fourth-order valence-corrected chi connectivity index (χ4v) is 7.15. The third-order valence-electron chi connectivity index (χ3n) is 8.05. The predicted octanol–water partition coefficient (Wildman–Crippen LogP) is 3.58. The first-order valence-corrected chi connectivity index (χ1v) is 11.9. The first kappa shape index (κ1) is 20.5. The zero-order valence-electron chi connectivity index (χ0n) is 18.4. The van der Waals surface area contributed by atoms with Crippen LogP contribution in [-0.4, -0.2) is 41.8 Å². The fraction of sp³-hybridized carbons (Fsp3) is 0.640. The highest BCUT2D eigenvalue weighted by Crippen LogP contribution is 2.60. The smallest absolute Gasteiger partial charge is 0.251 e. The van der Waals surface area contributed by atoms with Gasteiger partial charge in [0.25, 0.3) is 5.91 Å². The lowest BCUT2D eigenvalue weighted by atomic mass is 9.49. The maximum absolute atomic E-state index is 13.5. The Hall–Kier alpha value is -2.37. The molecule has 3 amide bonds. The predicted molar refractivity (Wildman–Crippen MR) is 118 cm³/mol. The minimum atomic E-state index is -0.159. The Labute approximate surface area is 184 Å². The van der Waals surface area contributed by atoms with Crippen molar-refractivity contribution in [2.45, 2.75) is 64.3 Å². The number of hydrogen-bond acceptors (Lipinski definition) is 3. The molecule has 31 heavy (non-hydrogen) atoms. The number of piperidine rings is 1. The van der Waals surface area contributed by atoms with Gasteiger partial charge in [0.1, 0.15) is 0 Å². The lowest BCUT2D eigenvalue weighted by Gasteiger charge is -2.57. The lowest BCUT2D eigenvalue weighted by Crippen LogP contribution is -2.56. The Kier molecular flexibility index (Phi) is 5.27. The van der Waals surface area contributed by atoms with Crippen LogP contribution in [0.15, 0.2) is 24.3 Å². The second-order valence-corrected chi connectivity index (χ2v) is 10.5. The number of likely N-dealkylation sites (tertiary alicyclic amines) is 1. The molecule has 1 saturated heterocycles. The number of benzene rings is 1. The molecule has 0 aromatic heterocycles. The maximum atomic E-state index is 13.5. The van der Waals surface area contributed by atoms with Gasteiger partial charge in [0.2, 0.25) is 11.8 Å². The Morgan fingerprint density at radius 3 is 2.16 bits per heavy atom. The zero-order chi connectivity index (χ0) is 21.6. The molecule has 6 rings (SSSR count). The summed E-state index contributed by atoms with van der Waals surface area (Å²) in [4.78, 5) is 39.6. The minimum Gasteiger partial charge on any atom is -0.349 e. The molecule has 0 spiro atoms. The van der Waals surface area contributed by atoms with Crippen LogP contribution in [0.2, 0.25) is 0 Å². The van der Waals surface area contributed by atoms with E-state index in [1.54, 1.807) is 24.3 Å². The van der Waals surface area contributed by atoms with Crippen molar-refractivity contribution < 1.29 is 14.4 Å². The first-order chi connectivity index (χ1) is 14.9. The molecular weight excluding hydrogens is 390 g/mol. The number of hydrogen-bond donors (Lipinski definition) is 2. The van der Waals surface area contributed by atoms with Crippen molar-refractivity contribution in [2.24, 2.45) is 23.2 Å². The lowest BCUT2D eigenvalue weighted by molar-refractivity contribution is -0.158. The van der Waals surface area contributed by atoms with Crippen LogP contribution in [0, 0.1) is 23.2 Å². The number of amides is 3. The third kappa shape index (κ3) is 4.09. The van der Waals surface area contributed by atoms with Gasteiger partial charge >= 0.3 is 0 Å². The molecule has 1 aromatic rings. The normalized spacial score (nSPS) is 32.0. The van der Waals surface area contributed by atoms with E-state index < -0.39 is 0 Å². The quantitative estimate of drug-likeness (QED) is 0.777. The van der Waals surface area contributed by atoms with E-state index in [0.29, 0.717) is 17.2 Å². The molecule has 5 fully saturated rings. The van der Waals surface area contributed by atoms with Crippen LogP contribution in [0.5, 0.6) is 0 Å². The van der Waals surface area contributed by atoms with E-state index in [2.05, 4.69) is 15.5 Å². The van der Waals surface area contributed by atoms with Crippen molar-refractivity contribution in [1.82, 2.24) is 10.2 Å². The number of nitrogens with one attached hydrogen (secondary N) is 2. The van der Waals surface area contributed by atoms with Gasteiger partial charge in [-0.25, -0.2) is 0 Å². The van der Waals surface area contributed by atoms with Crippen LogP contribution in [0.1, 0.15) is 68.6 Å². The molecule has 0 unspecified atom stereocenters. The van der Waals surface area contributed by atoms with E-state index in [0.717, 1.165) is 62.9 Å². The molecule has 6 heteroatoms.